The zero-order valence-corrected chi connectivity index (χ0v) is 14.7. The van der Waals surface area contributed by atoms with E-state index >= 15 is 0 Å². The number of imidazole rings is 1. The van der Waals surface area contributed by atoms with Crippen molar-refractivity contribution < 1.29 is 8.42 Å². The number of hydrogen-bond acceptors (Lipinski definition) is 4. The van der Waals surface area contributed by atoms with E-state index in [1.807, 2.05) is 18.3 Å². The SMILES string of the molecule is Cn1cc(S(=O)(=O)Nc2ccccc2-c2cn3c(n2)CCCC3)cn1. The lowest BCUT2D eigenvalue weighted by Gasteiger charge is -2.11. The van der Waals surface area contributed by atoms with Gasteiger partial charge in [-0.3, -0.25) is 9.40 Å². The van der Waals surface area contributed by atoms with Crippen LogP contribution in [0.1, 0.15) is 18.7 Å². The fourth-order valence-corrected chi connectivity index (χ4v) is 4.14. The van der Waals surface area contributed by atoms with Crippen LogP contribution in [-0.4, -0.2) is 27.7 Å². The molecule has 0 spiro atoms. The van der Waals surface area contributed by atoms with E-state index in [0.717, 1.165) is 42.9 Å². The minimum Gasteiger partial charge on any atom is -0.334 e. The Morgan fingerprint density at radius 1 is 1.16 bits per heavy atom. The van der Waals surface area contributed by atoms with Gasteiger partial charge in [0.1, 0.15) is 10.7 Å². The highest BCUT2D eigenvalue weighted by atomic mass is 32.2. The molecule has 25 heavy (non-hydrogen) atoms. The van der Waals surface area contributed by atoms with Crippen molar-refractivity contribution in [3.8, 4) is 11.3 Å². The van der Waals surface area contributed by atoms with Gasteiger partial charge < -0.3 is 4.57 Å². The van der Waals surface area contributed by atoms with Crippen LogP contribution in [0.3, 0.4) is 0 Å². The highest BCUT2D eigenvalue weighted by Gasteiger charge is 2.20. The predicted molar refractivity (Wildman–Crippen MR) is 94.6 cm³/mol. The molecule has 3 aromatic rings. The number of rotatable bonds is 4. The van der Waals surface area contributed by atoms with Crippen molar-refractivity contribution in [3.05, 3.63) is 48.7 Å². The number of benzene rings is 1. The van der Waals surface area contributed by atoms with Gasteiger partial charge in [-0.25, -0.2) is 13.4 Å². The third-order valence-corrected chi connectivity index (χ3v) is 5.67. The van der Waals surface area contributed by atoms with Crippen molar-refractivity contribution in [2.24, 2.45) is 7.05 Å². The van der Waals surface area contributed by atoms with Crippen molar-refractivity contribution in [1.82, 2.24) is 19.3 Å². The molecule has 0 bridgehead atoms. The first-order chi connectivity index (χ1) is 12.0. The van der Waals surface area contributed by atoms with Gasteiger partial charge in [0.15, 0.2) is 0 Å². The van der Waals surface area contributed by atoms with Crippen LogP contribution in [0, 0.1) is 0 Å². The van der Waals surface area contributed by atoms with Gasteiger partial charge in [0.2, 0.25) is 0 Å². The summed E-state index contributed by atoms with van der Waals surface area (Å²) in [5, 5.41) is 3.93. The molecule has 1 N–H and O–H groups in total. The van der Waals surface area contributed by atoms with E-state index in [9.17, 15) is 8.42 Å². The summed E-state index contributed by atoms with van der Waals surface area (Å²) < 4.78 is 31.5. The molecule has 1 aliphatic heterocycles. The average Bonchev–Trinajstić information content (AvgIpc) is 3.21. The first-order valence-corrected chi connectivity index (χ1v) is 9.68. The zero-order chi connectivity index (χ0) is 17.4. The summed E-state index contributed by atoms with van der Waals surface area (Å²) in [7, 11) is -2.01. The number of aryl methyl sites for hydroxylation is 3. The average molecular weight is 357 g/mol. The molecule has 0 atom stereocenters. The summed E-state index contributed by atoms with van der Waals surface area (Å²) in [6.45, 7) is 0.964. The van der Waals surface area contributed by atoms with E-state index in [1.165, 1.54) is 17.1 Å². The van der Waals surface area contributed by atoms with Crippen molar-refractivity contribution in [1.29, 1.82) is 0 Å². The monoisotopic (exact) mass is 357 g/mol. The summed E-state index contributed by atoms with van der Waals surface area (Å²) in [6, 6.07) is 7.33. The highest BCUT2D eigenvalue weighted by Crippen LogP contribution is 2.30. The lowest BCUT2D eigenvalue weighted by molar-refractivity contribution is 0.522. The van der Waals surface area contributed by atoms with Gasteiger partial charge in [0, 0.05) is 38.0 Å². The molecule has 0 saturated heterocycles. The molecule has 4 rings (SSSR count). The maximum absolute atomic E-state index is 12.6. The second-order valence-electron chi connectivity index (χ2n) is 6.19. The maximum Gasteiger partial charge on any atom is 0.265 e. The van der Waals surface area contributed by atoms with Crippen LogP contribution in [0.4, 0.5) is 5.69 Å². The Morgan fingerprint density at radius 2 is 2.00 bits per heavy atom. The number of sulfonamides is 1. The van der Waals surface area contributed by atoms with Gasteiger partial charge in [-0.1, -0.05) is 18.2 Å². The molecule has 0 fully saturated rings. The molecule has 0 amide bonds. The molecule has 0 aliphatic carbocycles. The molecule has 1 aromatic carbocycles. The van der Waals surface area contributed by atoms with Crippen molar-refractivity contribution in [2.45, 2.75) is 30.7 Å². The van der Waals surface area contributed by atoms with Crippen LogP contribution < -0.4 is 4.72 Å². The molecular formula is C17H19N5O2S. The molecule has 0 radical (unpaired) electrons. The summed E-state index contributed by atoms with van der Waals surface area (Å²) in [6.07, 6.45) is 8.07. The molecule has 0 saturated carbocycles. The molecule has 130 valence electrons. The number of nitrogens with zero attached hydrogens (tertiary/aromatic N) is 4. The van der Waals surface area contributed by atoms with Crippen LogP contribution in [0.2, 0.25) is 0 Å². The summed E-state index contributed by atoms with van der Waals surface area (Å²) in [4.78, 5) is 4.83. The van der Waals surface area contributed by atoms with Crippen LogP contribution in [0.5, 0.6) is 0 Å². The molecule has 1 aliphatic rings. The van der Waals surface area contributed by atoms with E-state index in [0.29, 0.717) is 5.69 Å². The largest absolute Gasteiger partial charge is 0.334 e. The van der Waals surface area contributed by atoms with E-state index in [2.05, 4.69) is 14.4 Å². The quantitative estimate of drug-likeness (QED) is 0.777. The molecule has 7 nitrogen and oxygen atoms in total. The van der Waals surface area contributed by atoms with Crippen molar-refractivity contribution in [3.63, 3.8) is 0 Å². The summed E-state index contributed by atoms with van der Waals surface area (Å²) in [5.74, 6) is 1.06. The number of aromatic nitrogens is 4. The van der Waals surface area contributed by atoms with Gasteiger partial charge in [0.05, 0.1) is 17.6 Å². The van der Waals surface area contributed by atoms with Crippen LogP contribution in [0.25, 0.3) is 11.3 Å². The van der Waals surface area contributed by atoms with Gasteiger partial charge >= 0.3 is 0 Å². The normalized spacial score (nSPS) is 14.3. The number of fused-ring (bicyclic) bond motifs is 1. The second-order valence-corrected chi connectivity index (χ2v) is 7.88. The summed E-state index contributed by atoms with van der Waals surface area (Å²) in [5.41, 5.74) is 2.08. The smallest absolute Gasteiger partial charge is 0.265 e. The molecular weight excluding hydrogens is 338 g/mol. The molecule has 2 aromatic heterocycles. The first-order valence-electron chi connectivity index (χ1n) is 8.20. The third-order valence-electron chi connectivity index (χ3n) is 4.35. The van der Waals surface area contributed by atoms with Gasteiger partial charge in [0.25, 0.3) is 10.0 Å². The first kappa shape index (κ1) is 15.9. The Hall–Kier alpha value is -2.61. The van der Waals surface area contributed by atoms with Gasteiger partial charge in [-0.2, -0.15) is 5.10 Å². The molecule has 3 heterocycles. The Kier molecular flexibility index (Phi) is 3.84. The standard InChI is InChI=1S/C17H19N5O2S/c1-21-11-13(10-18-21)25(23,24)20-15-7-3-2-6-14(15)16-12-22-9-5-4-8-17(22)19-16/h2-3,6-7,10-12,20H,4-5,8-9H2,1H3. The zero-order valence-electron chi connectivity index (χ0n) is 13.9. The predicted octanol–water partition coefficient (Wildman–Crippen LogP) is 2.42. The minimum atomic E-state index is -3.69. The number of hydrogen-bond donors (Lipinski definition) is 1. The second kappa shape index (κ2) is 6.03. The Labute approximate surface area is 146 Å². The molecule has 8 heteroatoms. The van der Waals surface area contributed by atoms with E-state index in [1.54, 1.807) is 19.2 Å². The van der Waals surface area contributed by atoms with Crippen molar-refractivity contribution in [2.75, 3.05) is 4.72 Å². The lowest BCUT2D eigenvalue weighted by atomic mass is 10.1. The van der Waals surface area contributed by atoms with E-state index < -0.39 is 10.0 Å². The number of nitrogens with one attached hydrogen (secondary N) is 1. The fraction of sp³-hybridized carbons (Fsp3) is 0.294. The number of para-hydroxylation sites is 1. The Bertz CT molecular complexity index is 996. The maximum atomic E-state index is 12.6. The minimum absolute atomic E-state index is 0.133. The van der Waals surface area contributed by atoms with Gasteiger partial charge in [-0.05, 0) is 18.9 Å². The highest BCUT2D eigenvalue weighted by molar-refractivity contribution is 7.92. The fourth-order valence-electron chi connectivity index (χ4n) is 3.08. The van der Waals surface area contributed by atoms with E-state index in [4.69, 9.17) is 4.98 Å². The number of anilines is 1. The Balaban J connectivity index is 1.71. The lowest BCUT2D eigenvalue weighted by Crippen LogP contribution is -2.13. The topological polar surface area (TPSA) is 81.8 Å². The van der Waals surface area contributed by atoms with E-state index in [-0.39, 0.29) is 4.90 Å². The van der Waals surface area contributed by atoms with Crippen LogP contribution >= 0.6 is 0 Å². The van der Waals surface area contributed by atoms with Crippen molar-refractivity contribution >= 4 is 15.7 Å². The Morgan fingerprint density at radius 3 is 2.76 bits per heavy atom. The summed E-state index contributed by atoms with van der Waals surface area (Å²) >= 11 is 0. The van der Waals surface area contributed by atoms with Crippen LogP contribution in [0.15, 0.2) is 47.8 Å². The van der Waals surface area contributed by atoms with Crippen LogP contribution in [-0.2, 0) is 30.0 Å². The molecule has 0 unspecified atom stereocenters. The third kappa shape index (κ3) is 3.05. The van der Waals surface area contributed by atoms with Gasteiger partial charge in [-0.15, -0.1) is 0 Å².